The second kappa shape index (κ2) is 8.40. The summed E-state index contributed by atoms with van der Waals surface area (Å²) in [6.45, 7) is 11.4. The minimum Gasteiger partial charge on any atom is -0.438 e. The molecule has 2 bridgehead atoms. The van der Waals surface area contributed by atoms with Gasteiger partial charge in [0.15, 0.2) is 6.10 Å². The van der Waals surface area contributed by atoms with Crippen molar-refractivity contribution in [3.05, 3.63) is 40.3 Å². The van der Waals surface area contributed by atoms with E-state index < -0.39 is 42.0 Å². The zero-order valence-electron chi connectivity index (χ0n) is 22.7. The number of aryl methyl sites for hydroxylation is 2. The first-order chi connectivity index (χ1) is 17.2. The van der Waals surface area contributed by atoms with Crippen LogP contribution < -0.4 is 0 Å². The van der Waals surface area contributed by atoms with Gasteiger partial charge in [-0.3, -0.25) is 0 Å². The topological polar surface area (TPSA) is 136 Å². The lowest BCUT2D eigenvalue weighted by molar-refractivity contribution is -0.216. The van der Waals surface area contributed by atoms with Crippen molar-refractivity contribution in [3.63, 3.8) is 0 Å². The average Bonchev–Trinajstić information content (AvgIpc) is 3.15. The number of aliphatic hydroxyl groups is 4. The van der Waals surface area contributed by atoms with Crippen molar-refractivity contribution in [3.8, 4) is 0 Å². The third-order valence-electron chi connectivity index (χ3n) is 10.3. The largest absolute Gasteiger partial charge is 0.438 e. The molecule has 1 spiro atoms. The van der Waals surface area contributed by atoms with Gasteiger partial charge in [0.2, 0.25) is 0 Å². The Hall–Kier alpha value is -2.20. The Morgan fingerprint density at radius 3 is 2.54 bits per heavy atom. The number of carbonyl (C=O) groups excluding carboxylic acids is 1. The van der Waals surface area contributed by atoms with Crippen LogP contribution >= 0.6 is 0 Å². The van der Waals surface area contributed by atoms with Gasteiger partial charge in [-0.2, -0.15) is 0 Å². The smallest absolute Gasteiger partial charge is 0.410 e. The van der Waals surface area contributed by atoms with Gasteiger partial charge in [0.1, 0.15) is 17.5 Å². The first kappa shape index (κ1) is 26.4. The number of fused-ring (bicyclic) bond motifs is 3. The van der Waals surface area contributed by atoms with Crippen molar-refractivity contribution in [2.24, 2.45) is 34.5 Å². The number of hydrogen-bond donors (Lipinski definition) is 4. The molecule has 0 radical (unpaired) electrons. The minimum absolute atomic E-state index is 0.0101. The van der Waals surface area contributed by atoms with E-state index >= 15 is 0 Å². The standard InChI is InChI=1S/C28H40N2O7/c1-13-10-27-14(2)8-20-21(26(20,5)6)18(23(27)33)9-17(12-31)22(32)28(27,35)24(13)36-25(34)30(7)11-19-15(3)29-37-16(19)4/h9-10,14,18,20-24,31-33,35H,8,11-12H2,1-7H3/t14-,18+,20-,21+,22-,23?,24+,27+,28+/m1/s1. The molecule has 1 aromatic rings. The molecule has 1 heterocycles. The summed E-state index contributed by atoms with van der Waals surface area (Å²) in [6.07, 6.45) is -0.0982. The summed E-state index contributed by atoms with van der Waals surface area (Å²) in [5.41, 5.74) is -1.05. The van der Waals surface area contributed by atoms with Gasteiger partial charge in [-0.15, -0.1) is 0 Å². The molecule has 37 heavy (non-hydrogen) atoms. The van der Waals surface area contributed by atoms with Crippen LogP contribution in [0.1, 0.15) is 51.1 Å². The highest BCUT2D eigenvalue weighted by molar-refractivity contribution is 5.68. The van der Waals surface area contributed by atoms with Crippen molar-refractivity contribution in [1.29, 1.82) is 0 Å². The predicted octanol–water partition coefficient (Wildman–Crippen LogP) is 2.49. The van der Waals surface area contributed by atoms with E-state index in [9.17, 15) is 25.2 Å². The maximum absolute atomic E-state index is 13.3. The molecule has 1 aromatic heterocycles. The first-order valence-electron chi connectivity index (χ1n) is 13.2. The van der Waals surface area contributed by atoms with Crippen LogP contribution in [0.5, 0.6) is 0 Å². The Balaban J connectivity index is 1.53. The Morgan fingerprint density at radius 2 is 1.95 bits per heavy atom. The number of hydrogen-bond acceptors (Lipinski definition) is 8. The van der Waals surface area contributed by atoms with E-state index in [1.54, 1.807) is 33.9 Å². The highest BCUT2D eigenvalue weighted by atomic mass is 16.6. The van der Waals surface area contributed by atoms with Gasteiger partial charge >= 0.3 is 6.09 Å². The van der Waals surface area contributed by atoms with E-state index in [0.717, 1.165) is 12.0 Å². The van der Waals surface area contributed by atoms with Gasteiger partial charge in [-0.25, -0.2) is 4.79 Å². The van der Waals surface area contributed by atoms with E-state index in [1.165, 1.54) is 4.90 Å². The van der Waals surface area contributed by atoms with Crippen molar-refractivity contribution in [2.75, 3.05) is 13.7 Å². The number of rotatable bonds is 4. The zero-order chi connectivity index (χ0) is 27.2. The van der Waals surface area contributed by atoms with Crippen LogP contribution in [0.2, 0.25) is 0 Å². The number of amides is 1. The first-order valence-corrected chi connectivity index (χ1v) is 13.2. The molecule has 9 atom stereocenters. The molecule has 0 aromatic carbocycles. The fraction of sp³-hybridized carbons (Fsp3) is 0.714. The zero-order valence-corrected chi connectivity index (χ0v) is 22.7. The SMILES string of the molecule is CC1=C[C@]23C(O)[C@@H](C=C(CO)[C@@H](O)[C@]2(O)[C@H]1OC(=O)N(C)Cc1c(C)noc1C)[C@H]1[C@@H](C[C@H]3C)C1(C)C. The molecule has 4 aliphatic carbocycles. The van der Waals surface area contributed by atoms with Crippen molar-refractivity contribution in [1.82, 2.24) is 10.1 Å². The summed E-state index contributed by atoms with van der Waals surface area (Å²) in [6, 6.07) is 0. The highest BCUT2D eigenvalue weighted by Crippen LogP contribution is 2.72. The van der Waals surface area contributed by atoms with Gasteiger partial charge in [0.25, 0.3) is 0 Å². The fourth-order valence-corrected chi connectivity index (χ4v) is 8.12. The van der Waals surface area contributed by atoms with Gasteiger partial charge in [-0.1, -0.05) is 38.1 Å². The normalized spacial score (nSPS) is 41.5. The number of ether oxygens (including phenoxy) is 1. The molecule has 2 fully saturated rings. The van der Waals surface area contributed by atoms with Crippen LogP contribution in [-0.2, 0) is 11.3 Å². The summed E-state index contributed by atoms with van der Waals surface area (Å²) in [7, 11) is 1.58. The Kier molecular flexibility index (Phi) is 5.99. The molecule has 9 nitrogen and oxygen atoms in total. The fourth-order valence-electron chi connectivity index (χ4n) is 8.12. The minimum atomic E-state index is -2.06. The van der Waals surface area contributed by atoms with Crippen LogP contribution in [0.15, 0.2) is 27.8 Å². The summed E-state index contributed by atoms with van der Waals surface area (Å²) in [4.78, 5) is 14.7. The molecule has 0 saturated heterocycles. The van der Waals surface area contributed by atoms with Crippen LogP contribution in [-0.4, -0.2) is 74.1 Å². The molecule has 1 amide bonds. The lowest BCUT2D eigenvalue weighted by Gasteiger charge is -2.52. The second-order valence-corrected chi connectivity index (χ2v) is 12.5. The molecular weight excluding hydrogens is 476 g/mol. The van der Waals surface area contributed by atoms with E-state index in [2.05, 4.69) is 19.0 Å². The third-order valence-corrected chi connectivity index (χ3v) is 10.3. The molecule has 9 heteroatoms. The molecule has 5 rings (SSSR count). The summed E-state index contributed by atoms with van der Waals surface area (Å²) in [5.74, 6) is 0.542. The summed E-state index contributed by atoms with van der Waals surface area (Å²) in [5, 5.41) is 50.4. The monoisotopic (exact) mass is 516 g/mol. The van der Waals surface area contributed by atoms with Crippen LogP contribution in [0, 0.1) is 48.3 Å². The molecule has 2 saturated carbocycles. The summed E-state index contributed by atoms with van der Waals surface area (Å²) >= 11 is 0. The van der Waals surface area contributed by atoms with Crippen molar-refractivity contribution >= 4 is 6.09 Å². The van der Waals surface area contributed by atoms with Crippen molar-refractivity contribution < 1.29 is 34.5 Å². The average molecular weight is 517 g/mol. The van der Waals surface area contributed by atoms with Gasteiger partial charge in [-0.05, 0) is 61.5 Å². The Morgan fingerprint density at radius 1 is 1.27 bits per heavy atom. The maximum Gasteiger partial charge on any atom is 0.410 e. The summed E-state index contributed by atoms with van der Waals surface area (Å²) < 4.78 is 11.1. The molecular formula is C28H40N2O7. The molecule has 4 N–H and O–H groups in total. The lowest BCUT2D eigenvalue weighted by atomic mass is 9.58. The lowest BCUT2D eigenvalue weighted by Crippen LogP contribution is -2.67. The number of aromatic nitrogens is 1. The predicted molar refractivity (Wildman–Crippen MR) is 134 cm³/mol. The van der Waals surface area contributed by atoms with Crippen LogP contribution in [0.3, 0.4) is 0 Å². The van der Waals surface area contributed by atoms with Crippen molar-refractivity contribution in [2.45, 2.75) is 78.4 Å². The quantitative estimate of drug-likeness (QED) is 0.448. The molecule has 1 unspecified atom stereocenters. The second-order valence-electron chi connectivity index (χ2n) is 12.5. The van der Waals surface area contributed by atoms with E-state index in [1.807, 2.05) is 13.0 Å². The number of nitrogens with zero attached hydrogens (tertiary/aromatic N) is 2. The third kappa shape index (κ3) is 3.36. The van der Waals surface area contributed by atoms with E-state index in [0.29, 0.717) is 22.9 Å². The van der Waals surface area contributed by atoms with Crippen LogP contribution in [0.25, 0.3) is 0 Å². The molecule has 4 aliphatic rings. The van der Waals surface area contributed by atoms with Gasteiger partial charge in [0, 0.05) is 18.5 Å². The number of carbonyl (C=O) groups is 1. The van der Waals surface area contributed by atoms with Gasteiger partial charge < -0.3 is 34.6 Å². The maximum atomic E-state index is 13.3. The highest BCUT2D eigenvalue weighted by Gasteiger charge is 2.76. The van der Waals surface area contributed by atoms with E-state index in [-0.39, 0.29) is 35.3 Å². The molecule has 0 aliphatic heterocycles. The van der Waals surface area contributed by atoms with E-state index in [4.69, 9.17) is 9.26 Å². The number of aliphatic hydroxyl groups excluding tert-OH is 3. The molecule has 204 valence electrons. The Bertz CT molecular complexity index is 1150. The Labute approximate surface area is 217 Å². The van der Waals surface area contributed by atoms with Gasteiger partial charge in [0.05, 0.1) is 30.4 Å². The van der Waals surface area contributed by atoms with Crippen LogP contribution in [0.4, 0.5) is 4.79 Å².